The molecule has 4 atom stereocenters. The minimum atomic E-state index is -0.648. The number of carbonyl (C=O) groups is 2. The van der Waals surface area contributed by atoms with E-state index < -0.39 is 17.9 Å². The van der Waals surface area contributed by atoms with Crippen LogP contribution in [0.25, 0.3) is 0 Å². The number of hydrogen-bond acceptors (Lipinski definition) is 6. The molecule has 158 valence electrons. The van der Waals surface area contributed by atoms with Gasteiger partial charge in [-0.05, 0) is 18.9 Å². The zero-order chi connectivity index (χ0) is 20.8. The molecule has 2 fully saturated rings. The number of thiazole rings is 1. The zero-order valence-corrected chi connectivity index (χ0v) is 17.3. The number of anilines is 1. The fraction of sp³-hybridized carbons (Fsp3) is 0.524. The van der Waals surface area contributed by atoms with Crippen LogP contribution in [0.1, 0.15) is 37.4 Å². The Labute approximate surface area is 177 Å². The Bertz CT molecular complexity index is 1010. The Kier molecular flexibility index (Phi) is 4.94. The zero-order valence-electron chi connectivity index (χ0n) is 16.4. The number of fused-ring (bicyclic) bond motifs is 4. The summed E-state index contributed by atoms with van der Waals surface area (Å²) in [5.74, 6) is -1.36. The van der Waals surface area contributed by atoms with Crippen LogP contribution in [0, 0.1) is 17.8 Å². The van der Waals surface area contributed by atoms with Crippen LogP contribution in [0.5, 0.6) is 0 Å². The summed E-state index contributed by atoms with van der Waals surface area (Å²) in [7, 11) is 0. The molecule has 2 aromatic heterocycles. The van der Waals surface area contributed by atoms with Crippen molar-refractivity contribution in [2.45, 2.75) is 44.3 Å². The summed E-state index contributed by atoms with van der Waals surface area (Å²) >= 11 is 1.32. The molecule has 2 N–H and O–H groups in total. The van der Waals surface area contributed by atoms with Gasteiger partial charge in [0.25, 0.3) is 5.56 Å². The predicted molar refractivity (Wildman–Crippen MR) is 111 cm³/mol. The van der Waals surface area contributed by atoms with Crippen molar-refractivity contribution in [2.24, 2.45) is 17.8 Å². The van der Waals surface area contributed by atoms with Crippen molar-refractivity contribution in [3.05, 3.63) is 45.8 Å². The molecule has 0 aromatic carbocycles. The molecular formula is C21H24N4O4S. The lowest BCUT2D eigenvalue weighted by Crippen LogP contribution is -2.50. The molecule has 4 heterocycles. The van der Waals surface area contributed by atoms with Crippen molar-refractivity contribution < 1.29 is 14.7 Å². The van der Waals surface area contributed by atoms with Gasteiger partial charge in [-0.1, -0.05) is 18.9 Å². The maximum absolute atomic E-state index is 13.5. The van der Waals surface area contributed by atoms with Crippen LogP contribution in [-0.4, -0.2) is 44.0 Å². The first-order chi connectivity index (χ1) is 14.6. The van der Waals surface area contributed by atoms with Gasteiger partial charge in [0.2, 0.25) is 11.8 Å². The maximum atomic E-state index is 13.5. The first-order valence-electron chi connectivity index (χ1n) is 10.4. The SMILES string of the molecule is O=C(Nc1nccs1)[C@@H]1[C@@H](CO)[C@@H]2Cn3c(cccc3=O)[C@H]1N2C(=O)C1CCCC1. The van der Waals surface area contributed by atoms with Gasteiger partial charge in [-0.15, -0.1) is 11.3 Å². The Morgan fingerprint density at radius 3 is 2.77 bits per heavy atom. The van der Waals surface area contributed by atoms with E-state index in [1.807, 2.05) is 11.0 Å². The lowest BCUT2D eigenvalue weighted by Gasteiger charge is -2.39. The van der Waals surface area contributed by atoms with E-state index >= 15 is 0 Å². The third-order valence-corrected chi connectivity index (χ3v) is 7.53. The van der Waals surface area contributed by atoms with E-state index in [0.717, 1.165) is 25.7 Å². The second-order valence-corrected chi connectivity index (χ2v) is 9.23. The number of hydrogen-bond donors (Lipinski definition) is 2. The summed E-state index contributed by atoms with van der Waals surface area (Å²) in [4.78, 5) is 45.3. The average molecular weight is 429 g/mol. The molecule has 2 aromatic rings. The maximum Gasteiger partial charge on any atom is 0.250 e. The molecule has 1 saturated carbocycles. The van der Waals surface area contributed by atoms with Crippen molar-refractivity contribution in [2.75, 3.05) is 11.9 Å². The normalized spacial score (nSPS) is 27.8. The van der Waals surface area contributed by atoms with E-state index in [4.69, 9.17) is 0 Å². The molecule has 30 heavy (non-hydrogen) atoms. The highest BCUT2D eigenvalue weighted by Gasteiger charge is 2.58. The Morgan fingerprint density at radius 1 is 1.27 bits per heavy atom. The van der Waals surface area contributed by atoms with Crippen molar-refractivity contribution in [3.8, 4) is 0 Å². The standard InChI is InChI=1S/C21H24N4O4S/c26-11-13-15-10-24-14(6-3-7-16(24)27)18(25(15)20(29)12-4-1-2-5-12)17(13)19(28)23-21-22-8-9-30-21/h3,6-9,12-13,15,17-18,26H,1-2,4-5,10-11H2,(H,22,23,28)/t13-,15-,17+,18+/m0/s1. The molecule has 1 saturated heterocycles. The van der Waals surface area contributed by atoms with Crippen LogP contribution in [0.15, 0.2) is 34.6 Å². The second-order valence-electron chi connectivity index (χ2n) is 8.34. The summed E-state index contributed by atoms with van der Waals surface area (Å²) in [6.45, 7) is 0.0739. The van der Waals surface area contributed by atoms with Crippen molar-refractivity contribution in [1.82, 2.24) is 14.5 Å². The number of aliphatic hydroxyl groups is 1. The number of rotatable bonds is 4. The van der Waals surface area contributed by atoms with Crippen LogP contribution in [0.2, 0.25) is 0 Å². The van der Waals surface area contributed by atoms with E-state index in [2.05, 4.69) is 10.3 Å². The fourth-order valence-electron chi connectivity index (χ4n) is 5.52. The molecule has 1 aliphatic carbocycles. The van der Waals surface area contributed by atoms with E-state index in [0.29, 0.717) is 17.4 Å². The van der Waals surface area contributed by atoms with Gasteiger partial charge in [-0.2, -0.15) is 0 Å². The minimum Gasteiger partial charge on any atom is -0.396 e. The number of pyridine rings is 1. The van der Waals surface area contributed by atoms with E-state index in [-0.39, 0.29) is 35.9 Å². The van der Waals surface area contributed by atoms with Crippen molar-refractivity contribution in [1.29, 1.82) is 0 Å². The first-order valence-corrected chi connectivity index (χ1v) is 11.3. The van der Waals surface area contributed by atoms with E-state index in [1.165, 1.54) is 17.4 Å². The van der Waals surface area contributed by atoms with Crippen LogP contribution in [-0.2, 0) is 16.1 Å². The number of aliphatic hydroxyl groups excluding tert-OH is 1. The van der Waals surface area contributed by atoms with Gasteiger partial charge in [-0.3, -0.25) is 14.4 Å². The first kappa shape index (κ1) is 19.4. The average Bonchev–Trinajstić information content (AvgIpc) is 3.48. The molecule has 0 unspecified atom stereocenters. The molecule has 2 bridgehead atoms. The third kappa shape index (κ3) is 2.99. The lowest BCUT2D eigenvalue weighted by atomic mass is 9.86. The highest BCUT2D eigenvalue weighted by Crippen LogP contribution is 2.49. The Hall–Kier alpha value is -2.52. The smallest absolute Gasteiger partial charge is 0.250 e. The van der Waals surface area contributed by atoms with Gasteiger partial charge in [0.1, 0.15) is 0 Å². The number of carbonyl (C=O) groups excluding carboxylic acids is 2. The van der Waals surface area contributed by atoms with Crippen LogP contribution in [0.4, 0.5) is 5.13 Å². The number of aromatic nitrogens is 2. The van der Waals surface area contributed by atoms with Crippen molar-refractivity contribution >= 4 is 28.3 Å². The molecule has 5 rings (SSSR count). The van der Waals surface area contributed by atoms with Gasteiger partial charge in [0, 0.05) is 48.3 Å². The minimum absolute atomic E-state index is 0.0444. The lowest BCUT2D eigenvalue weighted by molar-refractivity contribution is -0.140. The third-order valence-electron chi connectivity index (χ3n) is 6.84. The Morgan fingerprint density at radius 2 is 2.07 bits per heavy atom. The fourth-order valence-corrected chi connectivity index (χ4v) is 6.05. The molecule has 2 aliphatic heterocycles. The molecule has 9 heteroatoms. The van der Waals surface area contributed by atoms with E-state index in [1.54, 1.807) is 22.2 Å². The van der Waals surface area contributed by atoms with Crippen LogP contribution >= 0.6 is 11.3 Å². The van der Waals surface area contributed by atoms with Gasteiger partial charge < -0.3 is 19.9 Å². The molecule has 0 radical (unpaired) electrons. The van der Waals surface area contributed by atoms with Gasteiger partial charge in [-0.25, -0.2) is 4.98 Å². The number of nitrogens with one attached hydrogen (secondary N) is 1. The van der Waals surface area contributed by atoms with Crippen LogP contribution < -0.4 is 10.9 Å². The summed E-state index contributed by atoms with van der Waals surface area (Å²) < 4.78 is 1.66. The topological polar surface area (TPSA) is 105 Å². The quantitative estimate of drug-likeness (QED) is 0.770. The largest absolute Gasteiger partial charge is 0.396 e. The van der Waals surface area contributed by atoms with E-state index in [9.17, 15) is 19.5 Å². The van der Waals surface area contributed by atoms with Gasteiger partial charge >= 0.3 is 0 Å². The molecule has 3 aliphatic rings. The molecule has 0 spiro atoms. The van der Waals surface area contributed by atoms with Crippen LogP contribution in [0.3, 0.4) is 0 Å². The highest BCUT2D eigenvalue weighted by atomic mass is 32.1. The molecule has 8 nitrogen and oxygen atoms in total. The van der Waals surface area contributed by atoms with Gasteiger partial charge in [0.05, 0.1) is 18.0 Å². The number of nitrogens with zero attached hydrogens (tertiary/aromatic N) is 3. The second kappa shape index (κ2) is 7.63. The summed E-state index contributed by atoms with van der Waals surface area (Å²) in [6.07, 6.45) is 5.40. The molecule has 2 amide bonds. The summed E-state index contributed by atoms with van der Waals surface area (Å²) in [6, 6.07) is 4.04. The van der Waals surface area contributed by atoms with Crippen molar-refractivity contribution in [3.63, 3.8) is 0 Å². The highest BCUT2D eigenvalue weighted by molar-refractivity contribution is 7.13. The Balaban J connectivity index is 1.58. The predicted octanol–water partition coefficient (Wildman–Crippen LogP) is 1.62. The van der Waals surface area contributed by atoms with Gasteiger partial charge in [0.15, 0.2) is 5.13 Å². The monoisotopic (exact) mass is 428 g/mol. The molecular weight excluding hydrogens is 404 g/mol. The number of amides is 2. The summed E-state index contributed by atoms with van der Waals surface area (Å²) in [5.41, 5.74) is 0.522. The summed E-state index contributed by atoms with van der Waals surface area (Å²) in [5, 5.41) is 15.4.